The first-order valence-corrected chi connectivity index (χ1v) is 12.0. The second-order valence-electron chi connectivity index (χ2n) is 7.97. The molecule has 3 N–H and O–H groups in total. The predicted molar refractivity (Wildman–Crippen MR) is 134 cm³/mol. The molecule has 0 aliphatic carbocycles. The maximum atomic E-state index is 6.31. The molecular formula is C24H28IN5. The van der Waals surface area contributed by atoms with Crippen LogP contribution in [-0.4, -0.2) is 25.0 Å². The van der Waals surface area contributed by atoms with Crippen LogP contribution in [0.25, 0.3) is 21.9 Å². The van der Waals surface area contributed by atoms with Crippen LogP contribution in [0.1, 0.15) is 37.2 Å². The van der Waals surface area contributed by atoms with Crippen molar-refractivity contribution in [3.63, 3.8) is 0 Å². The van der Waals surface area contributed by atoms with Gasteiger partial charge in [0.15, 0.2) is 5.82 Å². The number of para-hydroxylation sites is 1. The first-order chi connectivity index (χ1) is 14.6. The van der Waals surface area contributed by atoms with Crippen LogP contribution in [-0.2, 0) is 19.5 Å². The van der Waals surface area contributed by atoms with Crippen molar-refractivity contribution < 1.29 is 0 Å². The molecule has 156 valence electrons. The van der Waals surface area contributed by atoms with E-state index in [-0.39, 0.29) is 0 Å². The number of anilines is 1. The van der Waals surface area contributed by atoms with Gasteiger partial charge in [-0.25, -0.2) is 9.97 Å². The van der Waals surface area contributed by atoms with Crippen LogP contribution in [0, 0.1) is 0 Å². The number of hydrogen-bond acceptors (Lipinski definition) is 4. The van der Waals surface area contributed by atoms with Gasteiger partial charge in [0, 0.05) is 30.9 Å². The molecule has 0 atom stereocenters. The van der Waals surface area contributed by atoms with Gasteiger partial charge >= 0.3 is 0 Å². The Balaban J connectivity index is 1.76. The smallest absolute Gasteiger partial charge is 0.152 e. The van der Waals surface area contributed by atoms with Crippen LogP contribution in [0.4, 0.5) is 5.82 Å². The van der Waals surface area contributed by atoms with Crippen molar-refractivity contribution in [2.45, 2.75) is 45.8 Å². The summed E-state index contributed by atoms with van der Waals surface area (Å²) in [5.74, 6) is 1.59. The Morgan fingerprint density at radius 2 is 1.77 bits per heavy atom. The van der Waals surface area contributed by atoms with Crippen molar-refractivity contribution in [1.29, 1.82) is 0 Å². The lowest BCUT2D eigenvalue weighted by Crippen LogP contribution is -2.21. The molecule has 0 spiro atoms. The van der Waals surface area contributed by atoms with Crippen molar-refractivity contribution >= 4 is 50.3 Å². The number of nitrogens with one attached hydrogen (secondary N) is 1. The van der Waals surface area contributed by atoms with Gasteiger partial charge in [0.05, 0.1) is 11.0 Å². The highest BCUT2D eigenvalue weighted by molar-refractivity contribution is 14.1. The second kappa shape index (κ2) is 9.31. The average Bonchev–Trinajstić information content (AvgIpc) is 3.11. The summed E-state index contributed by atoms with van der Waals surface area (Å²) in [6.45, 7) is 6.00. The molecule has 6 heteroatoms. The molecule has 0 saturated carbocycles. The number of rotatable bonds is 8. The number of nitrogens with zero attached hydrogens (tertiary/aromatic N) is 3. The van der Waals surface area contributed by atoms with Gasteiger partial charge in [0.25, 0.3) is 0 Å². The maximum Gasteiger partial charge on any atom is 0.152 e. The van der Waals surface area contributed by atoms with E-state index in [1.54, 1.807) is 0 Å². The van der Waals surface area contributed by atoms with E-state index in [0.717, 1.165) is 58.1 Å². The standard InChI is InChI=1S/C24H28IN5/c1-16(2)27-14-17-9-11-18(12-10-17)15-30-21(8-5-13-25)29-22-23(30)19-6-3-4-7-20(19)28-24(22)26/h3-4,6-7,9-12,16,27H,5,8,13-15H2,1-2H3,(H2,26,28). The maximum absolute atomic E-state index is 6.31. The van der Waals surface area contributed by atoms with E-state index in [4.69, 9.17) is 10.7 Å². The van der Waals surface area contributed by atoms with Crippen LogP contribution >= 0.6 is 22.6 Å². The van der Waals surface area contributed by atoms with Crippen molar-refractivity contribution in [3.05, 3.63) is 65.5 Å². The van der Waals surface area contributed by atoms with Gasteiger partial charge < -0.3 is 15.6 Å². The molecule has 4 rings (SSSR count). The lowest BCUT2D eigenvalue weighted by molar-refractivity contribution is 0.588. The third-order valence-electron chi connectivity index (χ3n) is 5.30. The molecule has 0 aliphatic rings. The Morgan fingerprint density at radius 1 is 1.03 bits per heavy atom. The van der Waals surface area contributed by atoms with Crippen LogP contribution in [0.3, 0.4) is 0 Å². The van der Waals surface area contributed by atoms with Gasteiger partial charge in [-0.05, 0) is 28.0 Å². The van der Waals surface area contributed by atoms with Gasteiger partial charge in [0.1, 0.15) is 11.3 Å². The number of aryl methyl sites for hydroxylation is 1. The molecule has 0 amide bonds. The fourth-order valence-corrected chi connectivity index (χ4v) is 4.14. The molecule has 0 aliphatic heterocycles. The second-order valence-corrected chi connectivity index (χ2v) is 9.05. The van der Waals surface area contributed by atoms with E-state index in [1.807, 2.05) is 12.1 Å². The largest absolute Gasteiger partial charge is 0.382 e. The summed E-state index contributed by atoms with van der Waals surface area (Å²) in [5.41, 5.74) is 11.7. The Hall–Kier alpha value is -2.19. The molecule has 0 bridgehead atoms. The SMILES string of the molecule is CC(C)NCc1ccc(Cn2c(CCCI)nc3c(N)nc4ccccc4c32)cc1. The molecule has 0 unspecified atom stereocenters. The van der Waals surface area contributed by atoms with Gasteiger partial charge in [-0.2, -0.15) is 0 Å². The molecule has 0 radical (unpaired) electrons. The van der Waals surface area contributed by atoms with E-state index < -0.39 is 0 Å². The van der Waals surface area contributed by atoms with E-state index in [0.29, 0.717) is 11.9 Å². The fourth-order valence-electron chi connectivity index (χ4n) is 3.76. The molecule has 5 nitrogen and oxygen atoms in total. The van der Waals surface area contributed by atoms with Crippen molar-refractivity contribution in [2.75, 3.05) is 10.2 Å². The molecular weight excluding hydrogens is 485 g/mol. The molecule has 0 fully saturated rings. The van der Waals surface area contributed by atoms with Gasteiger partial charge in [-0.3, -0.25) is 0 Å². The van der Waals surface area contributed by atoms with E-state index in [2.05, 4.69) is 87.7 Å². The molecule has 2 aromatic heterocycles. The number of nitrogen functional groups attached to an aromatic ring is 1. The Kier molecular flexibility index (Phi) is 6.53. The predicted octanol–water partition coefficient (Wildman–Crippen LogP) is 5.08. The van der Waals surface area contributed by atoms with Crippen molar-refractivity contribution in [1.82, 2.24) is 19.9 Å². The first-order valence-electron chi connectivity index (χ1n) is 10.5. The third-order valence-corrected chi connectivity index (χ3v) is 6.06. The Morgan fingerprint density at radius 3 is 2.50 bits per heavy atom. The summed E-state index contributed by atoms with van der Waals surface area (Å²) in [5, 5.41) is 4.58. The minimum Gasteiger partial charge on any atom is -0.382 e. The van der Waals surface area contributed by atoms with Crippen molar-refractivity contribution in [2.24, 2.45) is 0 Å². The average molecular weight is 513 g/mol. The van der Waals surface area contributed by atoms with Gasteiger partial charge in [-0.15, -0.1) is 0 Å². The highest BCUT2D eigenvalue weighted by Gasteiger charge is 2.17. The van der Waals surface area contributed by atoms with Crippen LogP contribution in [0.5, 0.6) is 0 Å². The lowest BCUT2D eigenvalue weighted by Gasteiger charge is -2.12. The molecule has 4 aromatic rings. The molecule has 30 heavy (non-hydrogen) atoms. The zero-order valence-corrected chi connectivity index (χ0v) is 19.7. The number of benzene rings is 2. The molecule has 0 saturated heterocycles. The lowest BCUT2D eigenvalue weighted by atomic mass is 10.1. The van der Waals surface area contributed by atoms with Crippen LogP contribution < -0.4 is 11.1 Å². The normalized spacial score (nSPS) is 11.7. The molecule has 2 heterocycles. The summed E-state index contributed by atoms with van der Waals surface area (Å²) in [6, 6.07) is 17.5. The van der Waals surface area contributed by atoms with Crippen LogP contribution in [0.15, 0.2) is 48.5 Å². The van der Waals surface area contributed by atoms with Crippen LogP contribution in [0.2, 0.25) is 0 Å². The zero-order chi connectivity index (χ0) is 21.1. The number of hydrogen-bond donors (Lipinski definition) is 2. The Bertz CT molecular complexity index is 1150. The first kappa shape index (κ1) is 21.1. The van der Waals surface area contributed by atoms with Crippen molar-refractivity contribution in [3.8, 4) is 0 Å². The quantitative estimate of drug-likeness (QED) is 0.255. The number of imidazole rings is 1. The number of nitrogens with two attached hydrogens (primary N) is 1. The summed E-state index contributed by atoms with van der Waals surface area (Å²) < 4.78 is 3.44. The Labute approximate surface area is 191 Å². The minimum atomic E-state index is 0.481. The number of pyridine rings is 1. The number of halogens is 1. The summed E-state index contributed by atoms with van der Waals surface area (Å²) >= 11 is 2.42. The van der Waals surface area contributed by atoms with Gasteiger partial charge in [0.2, 0.25) is 0 Å². The van der Waals surface area contributed by atoms with Gasteiger partial charge in [-0.1, -0.05) is 78.9 Å². The number of fused-ring (bicyclic) bond motifs is 3. The highest BCUT2D eigenvalue weighted by Crippen LogP contribution is 2.30. The summed E-state index contributed by atoms with van der Waals surface area (Å²) in [4.78, 5) is 9.51. The summed E-state index contributed by atoms with van der Waals surface area (Å²) in [7, 11) is 0. The monoisotopic (exact) mass is 513 g/mol. The van der Waals surface area contributed by atoms with E-state index >= 15 is 0 Å². The fraction of sp³-hybridized carbons (Fsp3) is 0.333. The summed E-state index contributed by atoms with van der Waals surface area (Å²) in [6.07, 6.45) is 2.02. The minimum absolute atomic E-state index is 0.481. The van der Waals surface area contributed by atoms with E-state index in [9.17, 15) is 0 Å². The van der Waals surface area contributed by atoms with E-state index in [1.165, 1.54) is 11.1 Å². The highest BCUT2D eigenvalue weighted by atomic mass is 127. The molecule has 2 aromatic carbocycles. The number of alkyl halides is 1. The number of aromatic nitrogens is 3. The third kappa shape index (κ3) is 4.44. The topological polar surface area (TPSA) is 68.8 Å². The zero-order valence-electron chi connectivity index (χ0n) is 17.5.